The fourth-order valence-corrected chi connectivity index (χ4v) is 2.58. The molecule has 0 spiro atoms. The number of para-hydroxylation sites is 2. The molecule has 8 heteroatoms. The molecule has 0 aliphatic heterocycles. The summed E-state index contributed by atoms with van der Waals surface area (Å²) in [4.78, 5) is 31.7. The van der Waals surface area contributed by atoms with Crippen LogP contribution in [0.15, 0.2) is 54.6 Å². The normalized spacial score (nSPS) is 10.3. The van der Waals surface area contributed by atoms with E-state index >= 15 is 0 Å². The zero-order chi connectivity index (χ0) is 19.4. The van der Waals surface area contributed by atoms with Crippen LogP contribution >= 0.6 is 0 Å². The molecule has 8 nitrogen and oxygen atoms in total. The van der Waals surface area contributed by atoms with Crippen molar-refractivity contribution in [2.45, 2.75) is 13.8 Å². The molecule has 2 aromatic carbocycles. The standard InChI is InChI=1S/C19H17N5O3/c1-12-10-13(2)21-19(20-12)22-15-7-5-6-14(11-15)18(25)23-16-8-3-4-9-17(16)24(26)27/h3-11H,1-2H3,(H,23,25)(H,20,21,22). The monoisotopic (exact) mass is 363 g/mol. The van der Waals surface area contributed by atoms with E-state index in [-0.39, 0.29) is 11.4 Å². The molecule has 3 rings (SSSR count). The number of aromatic nitrogens is 2. The Balaban J connectivity index is 1.81. The van der Waals surface area contributed by atoms with Crippen molar-refractivity contribution in [2.24, 2.45) is 0 Å². The third-order valence-electron chi connectivity index (χ3n) is 3.71. The summed E-state index contributed by atoms with van der Waals surface area (Å²) in [5, 5.41) is 16.7. The molecule has 1 amide bonds. The van der Waals surface area contributed by atoms with Crippen LogP contribution in [-0.2, 0) is 0 Å². The summed E-state index contributed by atoms with van der Waals surface area (Å²) in [5.74, 6) is -0.0157. The average molecular weight is 363 g/mol. The van der Waals surface area contributed by atoms with Gasteiger partial charge in [0, 0.05) is 28.7 Å². The second-order valence-electron chi connectivity index (χ2n) is 5.91. The lowest BCUT2D eigenvalue weighted by Crippen LogP contribution is -2.13. The summed E-state index contributed by atoms with van der Waals surface area (Å²) in [6.07, 6.45) is 0. The highest BCUT2D eigenvalue weighted by molar-refractivity contribution is 6.05. The second kappa shape index (κ2) is 7.61. The minimum atomic E-state index is -0.537. The van der Waals surface area contributed by atoms with Crippen LogP contribution in [0.2, 0.25) is 0 Å². The molecule has 0 bridgehead atoms. The minimum Gasteiger partial charge on any atom is -0.324 e. The van der Waals surface area contributed by atoms with Crippen molar-refractivity contribution in [3.63, 3.8) is 0 Å². The molecule has 3 aromatic rings. The summed E-state index contributed by atoms with van der Waals surface area (Å²) in [7, 11) is 0. The van der Waals surface area contributed by atoms with E-state index in [9.17, 15) is 14.9 Å². The van der Waals surface area contributed by atoms with E-state index in [0.29, 0.717) is 17.2 Å². The molecule has 1 aromatic heterocycles. The molecule has 0 aliphatic carbocycles. The van der Waals surface area contributed by atoms with Crippen LogP contribution in [0.4, 0.5) is 23.0 Å². The van der Waals surface area contributed by atoms with E-state index in [1.54, 1.807) is 36.4 Å². The maximum atomic E-state index is 12.5. The fourth-order valence-electron chi connectivity index (χ4n) is 2.58. The van der Waals surface area contributed by atoms with Crippen LogP contribution in [0.5, 0.6) is 0 Å². The van der Waals surface area contributed by atoms with Gasteiger partial charge in [0.1, 0.15) is 5.69 Å². The van der Waals surface area contributed by atoms with E-state index in [1.165, 1.54) is 12.1 Å². The SMILES string of the molecule is Cc1cc(C)nc(Nc2cccc(C(=O)Nc3ccccc3[N+](=O)[O-])c2)n1. The van der Waals surface area contributed by atoms with E-state index in [1.807, 2.05) is 19.9 Å². The predicted molar refractivity (Wildman–Crippen MR) is 102 cm³/mol. The highest BCUT2D eigenvalue weighted by Gasteiger charge is 2.16. The van der Waals surface area contributed by atoms with E-state index in [0.717, 1.165) is 11.4 Å². The van der Waals surface area contributed by atoms with Crippen molar-refractivity contribution in [3.8, 4) is 0 Å². The number of carbonyl (C=O) groups is 1. The molecular weight excluding hydrogens is 346 g/mol. The zero-order valence-electron chi connectivity index (χ0n) is 14.8. The number of nitrogens with one attached hydrogen (secondary N) is 2. The van der Waals surface area contributed by atoms with Crippen molar-refractivity contribution in [3.05, 3.63) is 81.7 Å². The third kappa shape index (κ3) is 4.43. The molecule has 0 saturated carbocycles. The van der Waals surface area contributed by atoms with Gasteiger partial charge < -0.3 is 10.6 Å². The maximum absolute atomic E-state index is 12.5. The smallest absolute Gasteiger partial charge is 0.292 e. The third-order valence-corrected chi connectivity index (χ3v) is 3.71. The van der Waals surface area contributed by atoms with Gasteiger partial charge in [0.15, 0.2) is 0 Å². The zero-order valence-corrected chi connectivity index (χ0v) is 14.8. The molecule has 136 valence electrons. The van der Waals surface area contributed by atoms with E-state index in [2.05, 4.69) is 20.6 Å². The van der Waals surface area contributed by atoms with Gasteiger partial charge in [0.05, 0.1) is 4.92 Å². The van der Waals surface area contributed by atoms with Crippen molar-refractivity contribution in [1.82, 2.24) is 9.97 Å². The van der Waals surface area contributed by atoms with Crippen molar-refractivity contribution >= 4 is 28.9 Å². The Labute approximate surface area is 155 Å². The summed E-state index contributed by atoms with van der Waals surface area (Å²) >= 11 is 0. The molecule has 0 radical (unpaired) electrons. The van der Waals surface area contributed by atoms with Crippen molar-refractivity contribution in [2.75, 3.05) is 10.6 Å². The minimum absolute atomic E-state index is 0.142. The molecule has 0 saturated heterocycles. The lowest BCUT2D eigenvalue weighted by Gasteiger charge is -2.09. The Morgan fingerprint density at radius 1 is 1.00 bits per heavy atom. The topological polar surface area (TPSA) is 110 Å². The predicted octanol–water partition coefficient (Wildman–Crippen LogP) is 4.00. The first-order valence-corrected chi connectivity index (χ1v) is 8.16. The molecule has 27 heavy (non-hydrogen) atoms. The molecule has 2 N–H and O–H groups in total. The van der Waals surface area contributed by atoms with Crippen molar-refractivity contribution < 1.29 is 9.72 Å². The summed E-state index contributed by atoms with van der Waals surface area (Å²) < 4.78 is 0. The number of hydrogen-bond acceptors (Lipinski definition) is 6. The molecule has 1 heterocycles. The van der Waals surface area contributed by atoms with Gasteiger partial charge >= 0.3 is 0 Å². The number of benzene rings is 2. The van der Waals surface area contributed by atoms with Crippen LogP contribution < -0.4 is 10.6 Å². The molecular formula is C19H17N5O3. The van der Waals surface area contributed by atoms with E-state index in [4.69, 9.17) is 0 Å². The van der Waals surface area contributed by atoms with Crippen molar-refractivity contribution in [1.29, 1.82) is 0 Å². The number of anilines is 3. The van der Waals surface area contributed by atoms with E-state index < -0.39 is 10.8 Å². The fraction of sp³-hybridized carbons (Fsp3) is 0.105. The first kappa shape index (κ1) is 18.0. The number of aryl methyl sites for hydroxylation is 2. The molecule has 0 aliphatic rings. The van der Waals surface area contributed by atoms with Crippen LogP contribution in [0, 0.1) is 24.0 Å². The van der Waals surface area contributed by atoms with Gasteiger partial charge in [0.2, 0.25) is 5.95 Å². The molecule has 0 unspecified atom stereocenters. The van der Waals surface area contributed by atoms with Gasteiger partial charge in [-0.25, -0.2) is 9.97 Å². The largest absolute Gasteiger partial charge is 0.324 e. The highest BCUT2D eigenvalue weighted by Crippen LogP contribution is 2.24. The van der Waals surface area contributed by atoms with Gasteiger partial charge in [-0.1, -0.05) is 18.2 Å². The molecule has 0 fully saturated rings. The van der Waals surface area contributed by atoms with Gasteiger partial charge in [-0.3, -0.25) is 14.9 Å². The first-order chi connectivity index (χ1) is 12.9. The number of nitrogens with zero attached hydrogens (tertiary/aromatic N) is 3. The van der Waals surface area contributed by atoms with Gasteiger partial charge in [-0.2, -0.15) is 0 Å². The van der Waals surface area contributed by atoms with Crippen LogP contribution in [0.25, 0.3) is 0 Å². The summed E-state index contributed by atoms with van der Waals surface area (Å²) in [5.41, 5.74) is 2.62. The number of hydrogen-bond donors (Lipinski definition) is 2. The number of carbonyl (C=O) groups excluding carboxylic acids is 1. The van der Waals surface area contributed by atoms with Gasteiger partial charge in [-0.05, 0) is 44.2 Å². The number of nitro benzene ring substituents is 1. The Morgan fingerprint density at radius 2 is 1.70 bits per heavy atom. The summed E-state index contributed by atoms with van der Waals surface area (Å²) in [6.45, 7) is 3.74. The second-order valence-corrected chi connectivity index (χ2v) is 5.91. The van der Waals surface area contributed by atoms with Gasteiger partial charge in [0.25, 0.3) is 11.6 Å². The first-order valence-electron chi connectivity index (χ1n) is 8.16. The lowest BCUT2D eigenvalue weighted by atomic mass is 10.1. The number of nitro groups is 1. The maximum Gasteiger partial charge on any atom is 0.292 e. The summed E-state index contributed by atoms with van der Waals surface area (Å²) in [6, 6.07) is 14.6. The van der Waals surface area contributed by atoms with Gasteiger partial charge in [-0.15, -0.1) is 0 Å². The van der Waals surface area contributed by atoms with Crippen LogP contribution in [-0.4, -0.2) is 20.8 Å². The lowest BCUT2D eigenvalue weighted by molar-refractivity contribution is -0.383. The Hall–Kier alpha value is -3.81. The average Bonchev–Trinajstić information content (AvgIpc) is 2.61. The highest BCUT2D eigenvalue weighted by atomic mass is 16.6. The Morgan fingerprint density at radius 3 is 2.41 bits per heavy atom. The van der Waals surface area contributed by atoms with Crippen LogP contribution in [0.1, 0.15) is 21.7 Å². The Bertz CT molecular complexity index is 999. The quantitative estimate of drug-likeness (QED) is 0.524. The molecule has 0 atom stereocenters. The number of rotatable bonds is 5. The number of amides is 1. The Kier molecular flexibility index (Phi) is 5.07. The van der Waals surface area contributed by atoms with Crippen LogP contribution in [0.3, 0.4) is 0 Å².